The highest BCUT2D eigenvalue weighted by molar-refractivity contribution is 7.98. The monoisotopic (exact) mass is 580 g/mol. The van der Waals surface area contributed by atoms with Crippen LogP contribution in [0.25, 0.3) is 16.7 Å². The van der Waals surface area contributed by atoms with Crippen LogP contribution < -0.4 is 4.74 Å². The highest BCUT2D eigenvalue weighted by Gasteiger charge is 2.25. The lowest BCUT2D eigenvalue weighted by atomic mass is 10.1. The second-order valence-electron chi connectivity index (χ2n) is 10.3. The molecule has 7 nitrogen and oxygen atoms in total. The molecule has 0 aliphatic rings. The summed E-state index contributed by atoms with van der Waals surface area (Å²) in [5, 5.41) is 5.19. The van der Waals surface area contributed by atoms with E-state index >= 15 is 0 Å². The summed E-state index contributed by atoms with van der Waals surface area (Å²) in [5.74, 6) is 0.0231. The zero-order valence-corrected chi connectivity index (χ0v) is 26.1. The number of carbonyl (C=O) groups is 1. The van der Waals surface area contributed by atoms with Crippen LogP contribution in [0.1, 0.15) is 114 Å². The fraction of sp³-hybridized carbons (Fsp3) is 0.576. The summed E-state index contributed by atoms with van der Waals surface area (Å²) in [6.45, 7) is 4.86. The van der Waals surface area contributed by atoms with E-state index in [1.807, 2.05) is 36.6 Å². The summed E-state index contributed by atoms with van der Waals surface area (Å²) in [7, 11) is 0. The van der Waals surface area contributed by atoms with Gasteiger partial charge in [-0.15, -0.1) is 0 Å². The Balaban J connectivity index is 1.47. The van der Waals surface area contributed by atoms with E-state index in [4.69, 9.17) is 14.6 Å². The molecule has 2 heterocycles. The number of hydrogen-bond acceptors (Lipinski definition) is 7. The third-order valence-electron chi connectivity index (χ3n) is 7.01. The van der Waals surface area contributed by atoms with Crippen LogP contribution in [-0.2, 0) is 4.74 Å². The number of carbonyl (C=O) groups excluding carboxylic acids is 1. The Morgan fingerprint density at radius 2 is 1.46 bits per heavy atom. The largest absolute Gasteiger partial charge is 0.476 e. The van der Waals surface area contributed by atoms with Crippen molar-refractivity contribution in [1.82, 2.24) is 19.7 Å². The van der Waals surface area contributed by atoms with Crippen LogP contribution in [0.2, 0.25) is 0 Å². The Kier molecular flexibility index (Phi) is 15.4. The molecule has 1 aromatic carbocycles. The van der Waals surface area contributed by atoms with Gasteiger partial charge in [0.2, 0.25) is 5.88 Å². The van der Waals surface area contributed by atoms with Gasteiger partial charge in [0, 0.05) is 0 Å². The molecule has 0 spiro atoms. The SMILES string of the molecule is CCCCCCCC/C=C\CCCCCCCCOc1c2nc(SC)nc(C(=O)OCC)c2nn1-c1ccccc1. The number of aromatic nitrogens is 4. The topological polar surface area (TPSA) is 79.1 Å². The summed E-state index contributed by atoms with van der Waals surface area (Å²) in [6, 6.07) is 9.75. The number of fused-ring (bicyclic) bond motifs is 1. The fourth-order valence-electron chi connectivity index (χ4n) is 4.75. The third kappa shape index (κ3) is 10.8. The Bertz CT molecular complexity index is 1200. The first kappa shape index (κ1) is 32.6. The van der Waals surface area contributed by atoms with Gasteiger partial charge in [0.1, 0.15) is 5.52 Å². The minimum atomic E-state index is -0.507. The van der Waals surface area contributed by atoms with E-state index in [1.54, 1.807) is 11.6 Å². The third-order valence-corrected chi connectivity index (χ3v) is 7.55. The van der Waals surface area contributed by atoms with Crippen LogP contribution in [0.5, 0.6) is 5.88 Å². The molecule has 0 bridgehead atoms. The molecule has 0 fully saturated rings. The van der Waals surface area contributed by atoms with E-state index in [2.05, 4.69) is 29.0 Å². The molecule has 41 heavy (non-hydrogen) atoms. The molecular weight excluding hydrogens is 532 g/mol. The molecule has 0 aliphatic carbocycles. The second-order valence-corrected chi connectivity index (χ2v) is 11.1. The Hall–Kier alpha value is -2.87. The van der Waals surface area contributed by atoms with E-state index < -0.39 is 5.97 Å². The van der Waals surface area contributed by atoms with Gasteiger partial charge in [-0.05, 0) is 57.4 Å². The highest BCUT2D eigenvalue weighted by atomic mass is 32.2. The first-order valence-electron chi connectivity index (χ1n) is 15.5. The van der Waals surface area contributed by atoms with Crippen LogP contribution in [0.3, 0.4) is 0 Å². The van der Waals surface area contributed by atoms with E-state index in [9.17, 15) is 4.79 Å². The molecule has 0 radical (unpaired) electrons. The Morgan fingerprint density at radius 1 is 0.829 bits per heavy atom. The minimum Gasteiger partial charge on any atom is -0.476 e. The number of rotatable bonds is 21. The number of unbranched alkanes of at least 4 members (excludes halogenated alkanes) is 12. The molecule has 3 aromatic rings. The highest BCUT2D eigenvalue weighted by Crippen LogP contribution is 2.31. The van der Waals surface area contributed by atoms with Gasteiger partial charge >= 0.3 is 5.97 Å². The van der Waals surface area contributed by atoms with Gasteiger partial charge in [-0.2, -0.15) is 9.78 Å². The molecule has 0 saturated carbocycles. The van der Waals surface area contributed by atoms with Crippen LogP contribution in [0, 0.1) is 0 Å². The van der Waals surface area contributed by atoms with Gasteiger partial charge in [0.25, 0.3) is 0 Å². The molecule has 2 aromatic heterocycles. The maximum atomic E-state index is 12.7. The van der Waals surface area contributed by atoms with Crippen molar-refractivity contribution in [3.8, 4) is 11.6 Å². The molecule has 0 amide bonds. The molecule has 0 saturated heterocycles. The van der Waals surface area contributed by atoms with Gasteiger partial charge in [0.15, 0.2) is 16.4 Å². The average molecular weight is 581 g/mol. The van der Waals surface area contributed by atoms with Crippen molar-refractivity contribution in [3.63, 3.8) is 0 Å². The number of esters is 1. The number of thioether (sulfide) groups is 1. The lowest BCUT2D eigenvalue weighted by molar-refractivity contribution is 0.0520. The first-order chi connectivity index (χ1) is 20.2. The summed E-state index contributed by atoms with van der Waals surface area (Å²) in [6.07, 6.45) is 24.3. The molecule has 3 rings (SSSR count). The summed E-state index contributed by atoms with van der Waals surface area (Å²) in [4.78, 5) is 21.8. The van der Waals surface area contributed by atoms with E-state index in [0.717, 1.165) is 18.5 Å². The maximum absolute atomic E-state index is 12.7. The minimum absolute atomic E-state index is 0.165. The van der Waals surface area contributed by atoms with Gasteiger partial charge in [-0.1, -0.05) is 107 Å². The fourth-order valence-corrected chi connectivity index (χ4v) is 5.11. The number of nitrogens with zero attached hydrogens (tertiary/aromatic N) is 4. The van der Waals surface area contributed by atoms with Crippen molar-refractivity contribution in [1.29, 1.82) is 0 Å². The Morgan fingerprint density at radius 3 is 2.10 bits per heavy atom. The molecule has 0 N–H and O–H groups in total. The second kappa shape index (κ2) is 19.3. The van der Waals surface area contributed by atoms with Gasteiger partial charge in [-0.3, -0.25) is 0 Å². The molecule has 0 aliphatic heterocycles. The summed E-state index contributed by atoms with van der Waals surface area (Å²) >= 11 is 1.37. The van der Waals surface area contributed by atoms with Crippen molar-refractivity contribution in [2.45, 2.75) is 109 Å². The molecular formula is C33H48N4O3S. The van der Waals surface area contributed by atoms with Gasteiger partial charge in [-0.25, -0.2) is 14.8 Å². The normalized spacial score (nSPS) is 11.5. The van der Waals surface area contributed by atoms with E-state index in [-0.39, 0.29) is 12.3 Å². The van der Waals surface area contributed by atoms with Gasteiger partial charge < -0.3 is 9.47 Å². The maximum Gasteiger partial charge on any atom is 0.359 e. The Labute approximate surface area is 250 Å². The first-order valence-corrected chi connectivity index (χ1v) is 16.8. The van der Waals surface area contributed by atoms with Crippen molar-refractivity contribution in [2.75, 3.05) is 19.5 Å². The predicted molar refractivity (Wildman–Crippen MR) is 169 cm³/mol. The van der Waals surface area contributed by atoms with E-state index in [0.29, 0.717) is 28.7 Å². The molecule has 224 valence electrons. The van der Waals surface area contributed by atoms with Crippen molar-refractivity contribution in [2.24, 2.45) is 0 Å². The lowest BCUT2D eigenvalue weighted by Crippen LogP contribution is -2.09. The summed E-state index contributed by atoms with van der Waals surface area (Å²) < 4.78 is 13.3. The molecule has 0 unspecified atom stereocenters. The van der Waals surface area contributed by atoms with Crippen LogP contribution in [0.4, 0.5) is 0 Å². The van der Waals surface area contributed by atoms with Crippen LogP contribution in [0.15, 0.2) is 47.6 Å². The number of allylic oxidation sites excluding steroid dienone is 2. The predicted octanol–water partition coefficient (Wildman–Crippen LogP) is 9.13. The number of benzene rings is 1. The molecule has 8 heteroatoms. The molecule has 0 atom stereocenters. The van der Waals surface area contributed by atoms with E-state index in [1.165, 1.54) is 88.8 Å². The zero-order valence-electron chi connectivity index (χ0n) is 25.3. The number of hydrogen-bond donors (Lipinski definition) is 0. The average Bonchev–Trinajstić information content (AvgIpc) is 3.37. The van der Waals surface area contributed by atoms with Crippen molar-refractivity contribution >= 4 is 28.8 Å². The smallest absolute Gasteiger partial charge is 0.359 e. The van der Waals surface area contributed by atoms with Gasteiger partial charge in [0.05, 0.1) is 18.9 Å². The number of para-hydroxylation sites is 1. The standard InChI is InChI=1S/C33H48N4O3S/c1-4-6-7-8-9-10-11-12-13-14-15-16-17-18-19-23-26-40-31-29-28(36-37(31)27-24-21-20-22-25-27)30(32(38)39-5-2)35-33(34-29)41-3/h12-13,20-22,24-25H,4-11,14-19,23,26H2,1-3H3/b13-12-. The number of ether oxygens (including phenoxy) is 2. The van der Waals surface area contributed by atoms with Crippen LogP contribution in [-0.4, -0.2) is 45.2 Å². The van der Waals surface area contributed by atoms with Crippen molar-refractivity contribution in [3.05, 3.63) is 48.2 Å². The van der Waals surface area contributed by atoms with Crippen molar-refractivity contribution < 1.29 is 14.3 Å². The summed E-state index contributed by atoms with van der Waals surface area (Å²) in [5.41, 5.74) is 1.92. The lowest BCUT2D eigenvalue weighted by Gasteiger charge is -2.09. The van der Waals surface area contributed by atoms with Crippen LogP contribution >= 0.6 is 11.8 Å². The quantitative estimate of drug-likeness (QED) is 0.0409. The zero-order chi connectivity index (χ0) is 29.1.